The summed E-state index contributed by atoms with van der Waals surface area (Å²) < 4.78 is 5.21. The summed E-state index contributed by atoms with van der Waals surface area (Å²) >= 11 is 0. The molecule has 9 heteroatoms. The maximum Gasteiger partial charge on any atom is 0.217 e. The van der Waals surface area contributed by atoms with Crippen LogP contribution >= 0.6 is 0 Å². The summed E-state index contributed by atoms with van der Waals surface area (Å²) in [5, 5.41) is 45.5. The molecular formula is C22H23NO8. The minimum Gasteiger partial charge on any atom is -0.387 e. The summed E-state index contributed by atoms with van der Waals surface area (Å²) in [5.74, 6) is -2.58. The topological polar surface area (TPSA) is 153 Å². The third-order valence-electron chi connectivity index (χ3n) is 5.21. The van der Waals surface area contributed by atoms with Gasteiger partial charge in [0.05, 0.1) is 0 Å². The van der Waals surface area contributed by atoms with Crippen LogP contribution in [0.2, 0.25) is 0 Å². The largest absolute Gasteiger partial charge is 0.387 e. The predicted molar refractivity (Wildman–Crippen MR) is 107 cm³/mol. The first kappa shape index (κ1) is 22.7. The number of amides is 1. The summed E-state index contributed by atoms with van der Waals surface area (Å²) in [4.78, 5) is 37.5. The van der Waals surface area contributed by atoms with Gasteiger partial charge < -0.3 is 30.5 Å². The summed E-state index contributed by atoms with van der Waals surface area (Å²) in [7, 11) is 0. The van der Waals surface area contributed by atoms with E-state index in [0.29, 0.717) is 0 Å². The number of benzene rings is 2. The first-order chi connectivity index (χ1) is 14.7. The summed E-state index contributed by atoms with van der Waals surface area (Å²) in [6, 6.07) is 13.3. The number of carbonyl (C=O) groups is 3. The standard InChI is InChI=1S/C22H23NO8/c1-12(24)23-18-21(29)31-17(16(26)15(25)13-8-4-2-5-9-13)20(28)22(18,30)19(27)14-10-6-3-7-11-14/h2-11,16-18,20-21,26,28-30H,1H3,(H,23,24)/t16?,17-,18-,20+,21+,22+/m1/s1. The number of hydrogen-bond acceptors (Lipinski definition) is 8. The number of hydrogen-bond donors (Lipinski definition) is 5. The lowest BCUT2D eigenvalue weighted by Crippen LogP contribution is -2.75. The molecule has 2 aromatic carbocycles. The van der Waals surface area contributed by atoms with E-state index in [1.54, 1.807) is 24.3 Å². The van der Waals surface area contributed by atoms with Crippen molar-refractivity contribution in [3.05, 3.63) is 71.8 Å². The highest BCUT2D eigenvalue weighted by Gasteiger charge is 2.62. The Morgan fingerprint density at radius 3 is 2.00 bits per heavy atom. The normalized spacial score (nSPS) is 29.1. The number of rotatable bonds is 6. The van der Waals surface area contributed by atoms with E-state index < -0.39 is 53.7 Å². The molecule has 1 aliphatic heterocycles. The SMILES string of the molecule is CC(=O)N[C@@H]1[C@@H](O)O[C@H](C(O)C(=O)c2ccccc2)[C@H](O)[C@@]1(O)C(=O)c1ccccc1. The number of nitrogens with one attached hydrogen (secondary N) is 1. The number of carbonyl (C=O) groups excluding carboxylic acids is 3. The zero-order valence-electron chi connectivity index (χ0n) is 16.6. The monoisotopic (exact) mass is 429 g/mol. The molecular weight excluding hydrogens is 406 g/mol. The van der Waals surface area contributed by atoms with Gasteiger partial charge in [-0.1, -0.05) is 60.7 Å². The lowest BCUT2D eigenvalue weighted by Gasteiger charge is -2.48. The molecule has 9 nitrogen and oxygen atoms in total. The van der Waals surface area contributed by atoms with E-state index in [1.807, 2.05) is 0 Å². The maximum absolute atomic E-state index is 13.2. The Labute approximate surface area is 177 Å². The Morgan fingerprint density at radius 2 is 1.48 bits per heavy atom. The highest BCUT2D eigenvalue weighted by atomic mass is 16.6. The van der Waals surface area contributed by atoms with Gasteiger partial charge in [-0.2, -0.15) is 0 Å². The molecule has 6 atom stereocenters. The summed E-state index contributed by atoms with van der Waals surface area (Å²) in [5.41, 5.74) is -2.72. The zero-order valence-corrected chi connectivity index (χ0v) is 16.6. The second-order valence-electron chi connectivity index (χ2n) is 7.31. The van der Waals surface area contributed by atoms with Crippen LogP contribution in [0, 0.1) is 0 Å². The Morgan fingerprint density at radius 1 is 0.968 bits per heavy atom. The average molecular weight is 429 g/mol. The van der Waals surface area contributed by atoms with Gasteiger partial charge in [-0.3, -0.25) is 14.4 Å². The third kappa shape index (κ3) is 4.27. The lowest BCUT2D eigenvalue weighted by molar-refractivity contribution is -0.279. The van der Waals surface area contributed by atoms with E-state index in [9.17, 15) is 34.8 Å². The number of aliphatic hydroxyl groups is 4. The van der Waals surface area contributed by atoms with Gasteiger partial charge >= 0.3 is 0 Å². The summed E-state index contributed by atoms with van der Waals surface area (Å²) in [6.07, 6.45) is -8.04. The molecule has 0 saturated carbocycles. The van der Waals surface area contributed by atoms with Crippen LogP contribution in [0.5, 0.6) is 0 Å². The second-order valence-corrected chi connectivity index (χ2v) is 7.31. The summed E-state index contributed by atoms with van der Waals surface area (Å²) in [6.45, 7) is 1.09. The number of aliphatic hydroxyl groups excluding tert-OH is 3. The number of ketones is 2. The van der Waals surface area contributed by atoms with Crippen molar-refractivity contribution >= 4 is 17.5 Å². The van der Waals surface area contributed by atoms with Gasteiger partial charge in [0.2, 0.25) is 5.91 Å². The maximum atomic E-state index is 13.2. The molecule has 0 radical (unpaired) electrons. The predicted octanol–water partition coefficient (Wildman–Crippen LogP) is -0.573. The molecule has 0 aliphatic carbocycles. The van der Waals surface area contributed by atoms with E-state index >= 15 is 0 Å². The Hall–Kier alpha value is -2.95. The molecule has 1 aliphatic rings. The van der Waals surface area contributed by atoms with Crippen molar-refractivity contribution in [2.75, 3.05) is 0 Å². The van der Waals surface area contributed by atoms with Crippen molar-refractivity contribution in [2.45, 2.75) is 43.2 Å². The molecule has 5 N–H and O–H groups in total. The zero-order chi connectivity index (χ0) is 22.8. The van der Waals surface area contributed by atoms with E-state index in [-0.39, 0.29) is 11.1 Å². The van der Waals surface area contributed by atoms with Gasteiger partial charge in [-0.25, -0.2) is 0 Å². The van der Waals surface area contributed by atoms with Gasteiger partial charge in [0.15, 0.2) is 23.5 Å². The van der Waals surface area contributed by atoms with Gasteiger partial charge in [-0.05, 0) is 0 Å². The Kier molecular flexibility index (Phi) is 6.63. The fraction of sp³-hybridized carbons (Fsp3) is 0.318. The molecule has 1 amide bonds. The lowest BCUT2D eigenvalue weighted by atomic mass is 9.75. The highest BCUT2D eigenvalue weighted by molar-refractivity contribution is 6.04. The molecule has 1 saturated heterocycles. The van der Waals surface area contributed by atoms with Crippen LogP contribution in [0.4, 0.5) is 0 Å². The van der Waals surface area contributed by atoms with Crippen molar-refractivity contribution < 1.29 is 39.5 Å². The van der Waals surface area contributed by atoms with Crippen LogP contribution in [-0.4, -0.2) is 74.1 Å². The van der Waals surface area contributed by atoms with Crippen LogP contribution in [0.15, 0.2) is 60.7 Å². The van der Waals surface area contributed by atoms with Crippen molar-refractivity contribution in [3.8, 4) is 0 Å². The first-order valence-electron chi connectivity index (χ1n) is 9.56. The van der Waals surface area contributed by atoms with E-state index in [2.05, 4.69) is 5.32 Å². The molecule has 2 aromatic rings. The third-order valence-corrected chi connectivity index (χ3v) is 5.21. The smallest absolute Gasteiger partial charge is 0.217 e. The van der Waals surface area contributed by atoms with Crippen LogP contribution in [0.3, 0.4) is 0 Å². The number of ether oxygens (including phenoxy) is 1. The fourth-order valence-electron chi connectivity index (χ4n) is 3.63. The van der Waals surface area contributed by atoms with Crippen molar-refractivity contribution in [3.63, 3.8) is 0 Å². The van der Waals surface area contributed by atoms with Crippen LogP contribution in [0.1, 0.15) is 27.6 Å². The Bertz CT molecular complexity index is 950. The first-order valence-corrected chi connectivity index (χ1v) is 9.56. The molecule has 1 fully saturated rings. The molecule has 1 heterocycles. The molecule has 3 rings (SSSR count). The highest BCUT2D eigenvalue weighted by Crippen LogP contribution is 2.34. The molecule has 0 spiro atoms. The van der Waals surface area contributed by atoms with Crippen molar-refractivity contribution in [1.82, 2.24) is 5.32 Å². The molecule has 0 bridgehead atoms. The van der Waals surface area contributed by atoms with Crippen molar-refractivity contribution in [2.24, 2.45) is 0 Å². The quantitative estimate of drug-likeness (QED) is 0.383. The van der Waals surface area contributed by atoms with E-state index in [4.69, 9.17) is 4.74 Å². The molecule has 0 aromatic heterocycles. The van der Waals surface area contributed by atoms with Crippen LogP contribution in [0.25, 0.3) is 0 Å². The van der Waals surface area contributed by atoms with Crippen LogP contribution in [-0.2, 0) is 9.53 Å². The minimum atomic E-state index is -2.80. The van der Waals surface area contributed by atoms with Gasteiger partial charge in [0.25, 0.3) is 0 Å². The number of Topliss-reactive ketones (excluding diaryl/α,β-unsaturated/α-hetero) is 2. The average Bonchev–Trinajstić information content (AvgIpc) is 2.78. The van der Waals surface area contributed by atoms with E-state index in [1.165, 1.54) is 36.4 Å². The second kappa shape index (κ2) is 9.04. The fourth-order valence-corrected chi connectivity index (χ4v) is 3.63. The molecule has 1 unspecified atom stereocenters. The van der Waals surface area contributed by atoms with E-state index in [0.717, 1.165) is 6.92 Å². The van der Waals surface area contributed by atoms with Crippen LogP contribution < -0.4 is 5.32 Å². The van der Waals surface area contributed by atoms with Gasteiger partial charge in [0.1, 0.15) is 24.4 Å². The Balaban J connectivity index is 2.01. The minimum absolute atomic E-state index is 0.0175. The molecule has 164 valence electrons. The van der Waals surface area contributed by atoms with Gasteiger partial charge in [-0.15, -0.1) is 0 Å². The molecule has 31 heavy (non-hydrogen) atoms. The van der Waals surface area contributed by atoms with Crippen molar-refractivity contribution in [1.29, 1.82) is 0 Å². The van der Waals surface area contributed by atoms with Gasteiger partial charge in [0, 0.05) is 18.1 Å².